The van der Waals surface area contributed by atoms with Gasteiger partial charge in [0.15, 0.2) is 0 Å². The smallest absolute Gasteiger partial charge is 0.138 e. The summed E-state index contributed by atoms with van der Waals surface area (Å²) in [5.41, 5.74) is -8.36. The molecule has 0 aromatic heterocycles. The second-order valence-electron chi connectivity index (χ2n) is 9.61. The van der Waals surface area contributed by atoms with Crippen LogP contribution in [-0.4, -0.2) is 65.8 Å². The first-order chi connectivity index (χ1) is 15.4. The van der Waals surface area contributed by atoms with Gasteiger partial charge in [0.05, 0.1) is 18.4 Å². The molecule has 2 fully saturated rings. The summed E-state index contributed by atoms with van der Waals surface area (Å²) in [7, 11) is 0. The van der Waals surface area contributed by atoms with E-state index in [-0.39, 0.29) is 28.7 Å². The molecule has 7 atom stereocenters. The van der Waals surface area contributed by atoms with E-state index < -0.39 is 58.6 Å². The lowest BCUT2D eigenvalue weighted by Crippen LogP contribution is -3.03. The average molecular weight is 465 g/mol. The molecule has 2 aliphatic rings. The molecule has 3 unspecified atom stereocenters. The summed E-state index contributed by atoms with van der Waals surface area (Å²) in [5, 5.41) is 67.6. The van der Waals surface area contributed by atoms with Crippen molar-refractivity contribution in [1.82, 2.24) is 0 Å². The van der Waals surface area contributed by atoms with E-state index in [0.717, 1.165) is 6.07 Å². The minimum absolute atomic E-state index is 0.0227. The molecule has 2 aromatic carbocycles. The lowest BCUT2D eigenvalue weighted by Gasteiger charge is -2.84. The Kier molecular flexibility index (Phi) is 5.52. The SMILES string of the molecule is CCCC1(O)C(c2ccc(F)c(C)c2)[C@]2(O)[C@](O)([C@H](O)CO)C(c3ccc(F)c(C)c3)[C@]12O. The maximum atomic E-state index is 13.9. The van der Waals surface area contributed by atoms with Gasteiger partial charge in [0.2, 0.25) is 0 Å². The fraction of sp³-hybridized carbons (Fsp3) is 0.520. The van der Waals surface area contributed by atoms with Crippen LogP contribution in [-0.2, 0) is 0 Å². The van der Waals surface area contributed by atoms with Gasteiger partial charge in [-0.3, -0.25) is 0 Å². The van der Waals surface area contributed by atoms with Crippen molar-refractivity contribution < 1.29 is 39.4 Å². The fourth-order valence-corrected chi connectivity index (χ4v) is 6.51. The molecule has 0 bridgehead atoms. The van der Waals surface area contributed by atoms with Crippen LogP contribution in [0.25, 0.3) is 0 Å². The van der Waals surface area contributed by atoms with Gasteiger partial charge < -0.3 is 30.6 Å². The molecule has 2 aromatic rings. The molecule has 2 saturated carbocycles. The molecule has 4 rings (SSSR count). The zero-order chi connectivity index (χ0) is 24.6. The first-order valence-corrected chi connectivity index (χ1v) is 11.1. The van der Waals surface area contributed by atoms with E-state index in [1.807, 2.05) is 0 Å². The Morgan fingerprint density at radius 1 is 0.848 bits per heavy atom. The zero-order valence-electron chi connectivity index (χ0n) is 18.8. The van der Waals surface area contributed by atoms with Crippen LogP contribution in [0.5, 0.6) is 0 Å². The number of hydrogen-bond acceptors (Lipinski definition) is 6. The Morgan fingerprint density at radius 2 is 1.33 bits per heavy atom. The normalized spacial score (nSPS) is 38.3. The zero-order valence-corrected chi connectivity index (χ0v) is 18.8. The van der Waals surface area contributed by atoms with Crippen LogP contribution in [0.2, 0.25) is 0 Å². The summed E-state index contributed by atoms with van der Waals surface area (Å²) in [5.74, 6) is -3.76. The topological polar surface area (TPSA) is 121 Å². The number of halogens is 2. The summed E-state index contributed by atoms with van der Waals surface area (Å²) < 4.78 is 27.9. The van der Waals surface area contributed by atoms with Gasteiger partial charge in [-0.1, -0.05) is 37.6 Å². The number of fused-ring (bicyclic) bond motifs is 1. The summed E-state index contributed by atoms with van der Waals surface area (Å²) in [6, 6.07) is 7.75. The molecule has 0 spiro atoms. The van der Waals surface area contributed by atoms with Crippen molar-refractivity contribution in [2.75, 3.05) is 6.61 Å². The second-order valence-corrected chi connectivity index (χ2v) is 9.61. The molecule has 8 heteroatoms. The first-order valence-electron chi connectivity index (χ1n) is 11.1. The van der Waals surface area contributed by atoms with Crippen molar-refractivity contribution in [2.45, 2.75) is 74.0 Å². The van der Waals surface area contributed by atoms with Crippen LogP contribution in [0.4, 0.5) is 8.78 Å². The third-order valence-electron chi connectivity index (χ3n) is 7.95. The van der Waals surface area contributed by atoms with Gasteiger partial charge in [-0.2, -0.15) is 0 Å². The van der Waals surface area contributed by atoms with Crippen LogP contribution in [0, 0.1) is 25.5 Å². The molecule has 0 aliphatic heterocycles. The lowest BCUT2D eigenvalue weighted by atomic mass is 9.25. The molecular weight excluding hydrogens is 434 g/mol. The molecule has 6 N–H and O–H groups in total. The van der Waals surface area contributed by atoms with Crippen LogP contribution >= 0.6 is 0 Å². The predicted molar refractivity (Wildman–Crippen MR) is 116 cm³/mol. The van der Waals surface area contributed by atoms with Crippen molar-refractivity contribution in [3.05, 3.63) is 70.3 Å². The number of aliphatic hydroxyl groups is 6. The highest BCUT2D eigenvalue weighted by Crippen LogP contribution is 2.80. The molecule has 0 radical (unpaired) electrons. The second kappa shape index (κ2) is 7.53. The van der Waals surface area contributed by atoms with E-state index in [1.54, 1.807) is 6.92 Å². The van der Waals surface area contributed by atoms with Crippen LogP contribution < -0.4 is 0 Å². The van der Waals surface area contributed by atoms with Crippen molar-refractivity contribution >= 4 is 0 Å². The maximum Gasteiger partial charge on any atom is 0.138 e. The number of aliphatic hydroxyl groups excluding tert-OH is 2. The highest BCUT2D eigenvalue weighted by molar-refractivity contribution is 5.59. The lowest BCUT2D eigenvalue weighted by molar-refractivity contribution is -0.490. The Hall–Kier alpha value is -1.94. The van der Waals surface area contributed by atoms with Gasteiger partial charge in [-0.15, -0.1) is 0 Å². The highest BCUT2D eigenvalue weighted by Gasteiger charge is 2.98. The molecule has 2 aliphatic carbocycles. The summed E-state index contributed by atoms with van der Waals surface area (Å²) in [4.78, 5) is 0. The van der Waals surface area contributed by atoms with Gasteiger partial charge >= 0.3 is 0 Å². The fourth-order valence-electron chi connectivity index (χ4n) is 6.51. The third-order valence-corrected chi connectivity index (χ3v) is 7.95. The van der Waals surface area contributed by atoms with Crippen molar-refractivity contribution in [2.24, 2.45) is 0 Å². The van der Waals surface area contributed by atoms with Gasteiger partial charge in [-0.25, -0.2) is 8.78 Å². The van der Waals surface area contributed by atoms with E-state index in [1.165, 1.54) is 44.2 Å². The van der Waals surface area contributed by atoms with Crippen LogP contribution in [0.1, 0.15) is 53.9 Å². The van der Waals surface area contributed by atoms with E-state index in [2.05, 4.69) is 0 Å². The van der Waals surface area contributed by atoms with Crippen LogP contribution in [0.3, 0.4) is 0 Å². The van der Waals surface area contributed by atoms with Gasteiger partial charge in [0.1, 0.15) is 40.1 Å². The van der Waals surface area contributed by atoms with E-state index in [4.69, 9.17) is 0 Å². The van der Waals surface area contributed by atoms with E-state index in [0.29, 0.717) is 6.42 Å². The Morgan fingerprint density at radius 3 is 1.76 bits per heavy atom. The van der Waals surface area contributed by atoms with E-state index in [9.17, 15) is 39.4 Å². The standard InChI is InChI=1S/C25H30F2O6/c1-4-9-22(30)20(15-5-7-17(26)13(2)10-15)25(33)23(31,19(29)12-28)21(24(22,25)32)16-6-8-18(27)14(3)11-16/h5-8,10-11,19-21,28-33H,4,9,12H2,1-3H3/t19-,20?,21?,22?,23+,24+,25+/m1/s1. The van der Waals surface area contributed by atoms with Crippen molar-refractivity contribution in [3.63, 3.8) is 0 Å². The highest BCUT2D eigenvalue weighted by atomic mass is 19.1. The quantitative estimate of drug-likeness (QED) is 0.386. The number of rotatable bonds is 6. The number of aryl methyl sites for hydroxylation is 2. The summed E-state index contributed by atoms with van der Waals surface area (Å²) in [6.07, 6.45) is -1.47. The largest absolute Gasteiger partial charge is 0.394 e. The predicted octanol–water partition coefficient (Wildman–Crippen LogP) is 1.55. The number of benzene rings is 2. The Bertz CT molecular complexity index is 1090. The summed E-state index contributed by atoms with van der Waals surface area (Å²) >= 11 is 0. The summed E-state index contributed by atoms with van der Waals surface area (Å²) in [6.45, 7) is 3.83. The molecule has 33 heavy (non-hydrogen) atoms. The molecule has 0 heterocycles. The Labute approximate surface area is 190 Å². The van der Waals surface area contributed by atoms with Crippen molar-refractivity contribution in [3.8, 4) is 0 Å². The molecule has 0 saturated heterocycles. The van der Waals surface area contributed by atoms with Crippen molar-refractivity contribution in [1.29, 1.82) is 0 Å². The minimum Gasteiger partial charge on any atom is -0.394 e. The number of hydrogen-bond donors (Lipinski definition) is 6. The third kappa shape index (κ3) is 2.62. The molecule has 0 amide bonds. The maximum absolute atomic E-state index is 13.9. The molecule has 6 nitrogen and oxygen atoms in total. The van der Waals surface area contributed by atoms with E-state index >= 15 is 0 Å². The van der Waals surface area contributed by atoms with Gasteiger partial charge in [-0.05, 0) is 54.7 Å². The first kappa shape index (κ1) is 24.2. The van der Waals surface area contributed by atoms with Gasteiger partial charge in [0.25, 0.3) is 0 Å². The average Bonchev–Trinajstić information content (AvgIpc) is 2.77. The molecular formula is C25H30F2O6. The van der Waals surface area contributed by atoms with Crippen LogP contribution in [0.15, 0.2) is 36.4 Å². The minimum atomic E-state index is -2.49. The molecule has 180 valence electrons. The monoisotopic (exact) mass is 464 g/mol. The Balaban J connectivity index is 1.96. The van der Waals surface area contributed by atoms with Gasteiger partial charge in [0, 0.05) is 0 Å².